The largest absolute Gasteiger partial charge is 0.381 e. The highest BCUT2D eigenvalue weighted by Gasteiger charge is 2.58. The Morgan fingerprint density at radius 3 is 2.64 bits per heavy atom. The Morgan fingerprint density at radius 1 is 1.21 bits per heavy atom. The Labute approximate surface area is 85.2 Å². The molecule has 0 radical (unpaired) electrons. The smallest absolute Gasteiger partial charge is 0.0659 e. The lowest BCUT2D eigenvalue weighted by atomic mass is 9.71. The minimum Gasteiger partial charge on any atom is -0.381 e. The van der Waals surface area contributed by atoms with Crippen LogP contribution < -0.4 is 0 Å². The standard InChI is InChI=1S/C12H17NO/c13-8-9-7-10-1-2-11(9)12(10)3-5-14-6-4-12/h9-11H,1-7H2. The molecule has 2 bridgehead atoms. The van der Waals surface area contributed by atoms with Crippen LogP contribution >= 0.6 is 0 Å². The fraction of sp³-hybridized carbons (Fsp3) is 0.917. The molecular formula is C12H17NO. The molecule has 1 heterocycles. The van der Waals surface area contributed by atoms with Gasteiger partial charge in [-0.1, -0.05) is 0 Å². The minimum absolute atomic E-state index is 0.367. The molecule has 2 nitrogen and oxygen atoms in total. The second-order valence-electron chi connectivity index (χ2n) is 5.20. The summed E-state index contributed by atoms with van der Waals surface area (Å²) in [5.41, 5.74) is 0.526. The number of hydrogen-bond acceptors (Lipinski definition) is 2. The molecule has 1 aliphatic heterocycles. The van der Waals surface area contributed by atoms with Crippen molar-refractivity contribution < 1.29 is 4.74 Å². The number of rotatable bonds is 0. The Balaban J connectivity index is 1.90. The lowest BCUT2D eigenvalue weighted by Crippen LogP contribution is -2.34. The number of nitriles is 1. The van der Waals surface area contributed by atoms with E-state index in [1.807, 2.05) is 0 Å². The van der Waals surface area contributed by atoms with Crippen LogP contribution in [0.25, 0.3) is 0 Å². The van der Waals surface area contributed by atoms with Crippen molar-refractivity contribution in [2.75, 3.05) is 13.2 Å². The monoisotopic (exact) mass is 191 g/mol. The molecule has 0 amide bonds. The molecule has 0 aromatic rings. The van der Waals surface area contributed by atoms with E-state index in [1.165, 1.54) is 32.1 Å². The third-order valence-corrected chi connectivity index (χ3v) is 4.99. The molecule has 3 unspecified atom stereocenters. The summed E-state index contributed by atoms with van der Waals surface area (Å²) >= 11 is 0. The molecule has 3 atom stereocenters. The summed E-state index contributed by atoms with van der Waals surface area (Å²) < 4.78 is 5.47. The Bertz CT molecular complexity index is 275. The van der Waals surface area contributed by atoms with Gasteiger partial charge < -0.3 is 4.74 Å². The van der Waals surface area contributed by atoms with Crippen LogP contribution in [0.1, 0.15) is 32.1 Å². The second kappa shape index (κ2) is 2.97. The van der Waals surface area contributed by atoms with E-state index in [2.05, 4.69) is 6.07 Å². The molecule has 3 aliphatic rings. The van der Waals surface area contributed by atoms with Crippen LogP contribution in [0.2, 0.25) is 0 Å². The van der Waals surface area contributed by atoms with Gasteiger partial charge in [-0.2, -0.15) is 5.26 Å². The van der Waals surface area contributed by atoms with E-state index in [9.17, 15) is 0 Å². The predicted octanol–water partition coefficient (Wildman–Crippen LogP) is 2.35. The fourth-order valence-corrected chi connectivity index (χ4v) is 4.36. The zero-order valence-corrected chi connectivity index (χ0v) is 8.54. The quantitative estimate of drug-likeness (QED) is 0.589. The summed E-state index contributed by atoms with van der Waals surface area (Å²) in [6.07, 6.45) is 6.31. The second-order valence-corrected chi connectivity index (χ2v) is 5.20. The SMILES string of the molecule is N#CC1CC2CCC1C21CCOCC1. The normalized spacial score (nSPS) is 44.1. The molecular weight excluding hydrogens is 174 g/mol. The average Bonchev–Trinajstić information content (AvgIpc) is 2.72. The van der Waals surface area contributed by atoms with E-state index in [4.69, 9.17) is 10.00 Å². The fourth-order valence-electron chi connectivity index (χ4n) is 4.36. The number of nitrogens with zero attached hydrogens (tertiary/aromatic N) is 1. The highest BCUT2D eigenvalue weighted by molar-refractivity contribution is 5.12. The first-order valence-corrected chi connectivity index (χ1v) is 5.84. The van der Waals surface area contributed by atoms with Gasteiger partial charge in [0.2, 0.25) is 0 Å². The van der Waals surface area contributed by atoms with Crippen LogP contribution in [0.15, 0.2) is 0 Å². The zero-order valence-electron chi connectivity index (χ0n) is 8.54. The van der Waals surface area contributed by atoms with Crippen LogP contribution in [-0.2, 0) is 4.74 Å². The summed E-state index contributed by atoms with van der Waals surface area (Å²) in [6.45, 7) is 1.87. The molecule has 76 valence electrons. The Hall–Kier alpha value is -0.550. The van der Waals surface area contributed by atoms with Crippen molar-refractivity contribution in [2.24, 2.45) is 23.2 Å². The Morgan fingerprint density at radius 2 is 2.00 bits per heavy atom. The van der Waals surface area contributed by atoms with Crippen molar-refractivity contribution >= 4 is 0 Å². The van der Waals surface area contributed by atoms with Crippen LogP contribution in [0.4, 0.5) is 0 Å². The van der Waals surface area contributed by atoms with Crippen molar-refractivity contribution in [2.45, 2.75) is 32.1 Å². The first-order valence-electron chi connectivity index (χ1n) is 5.84. The van der Waals surface area contributed by atoms with Gasteiger partial charge in [0, 0.05) is 19.1 Å². The maximum Gasteiger partial charge on any atom is 0.0659 e. The van der Waals surface area contributed by atoms with Gasteiger partial charge >= 0.3 is 0 Å². The van der Waals surface area contributed by atoms with Crippen molar-refractivity contribution in [3.05, 3.63) is 0 Å². The summed E-state index contributed by atoms with van der Waals surface area (Å²) in [7, 11) is 0. The third-order valence-electron chi connectivity index (χ3n) is 4.99. The van der Waals surface area contributed by atoms with Crippen molar-refractivity contribution in [3.8, 4) is 6.07 Å². The van der Waals surface area contributed by atoms with Gasteiger partial charge in [0.1, 0.15) is 0 Å². The van der Waals surface area contributed by atoms with Gasteiger partial charge in [0.05, 0.1) is 6.07 Å². The summed E-state index contributed by atoms with van der Waals surface area (Å²) in [5, 5.41) is 9.12. The van der Waals surface area contributed by atoms with Gasteiger partial charge in [-0.3, -0.25) is 0 Å². The minimum atomic E-state index is 0.367. The zero-order chi connectivity index (χ0) is 9.60. The van der Waals surface area contributed by atoms with E-state index in [1.54, 1.807) is 0 Å². The molecule has 1 spiro atoms. The van der Waals surface area contributed by atoms with E-state index >= 15 is 0 Å². The molecule has 2 saturated carbocycles. The molecule has 0 aromatic carbocycles. The third kappa shape index (κ3) is 0.941. The lowest BCUT2D eigenvalue weighted by molar-refractivity contribution is -0.0122. The van der Waals surface area contributed by atoms with E-state index < -0.39 is 0 Å². The molecule has 14 heavy (non-hydrogen) atoms. The summed E-state index contributed by atoms with van der Waals surface area (Å²) in [5.74, 6) is 1.93. The molecule has 0 aromatic heterocycles. The van der Waals surface area contributed by atoms with Gasteiger partial charge in [-0.05, 0) is 49.4 Å². The number of hydrogen-bond donors (Lipinski definition) is 0. The molecule has 3 rings (SSSR count). The van der Waals surface area contributed by atoms with Gasteiger partial charge in [0.25, 0.3) is 0 Å². The number of ether oxygens (including phenoxy) is 1. The topological polar surface area (TPSA) is 33.0 Å². The highest BCUT2D eigenvalue weighted by Crippen LogP contribution is 2.64. The van der Waals surface area contributed by atoms with Crippen LogP contribution in [0.3, 0.4) is 0 Å². The molecule has 0 N–H and O–H groups in total. The van der Waals surface area contributed by atoms with E-state index in [-0.39, 0.29) is 0 Å². The summed E-state index contributed by atoms with van der Waals surface area (Å²) in [6, 6.07) is 2.53. The molecule has 2 aliphatic carbocycles. The van der Waals surface area contributed by atoms with Crippen LogP contribution in [0, 0.1) is 34.5 Å². The van der Waals surface area contributed by atoms with Crippen molar-refractivity contribution in [1.82, 2.24) is 0 Å². The maximum atomic E-state index is 9.12. The molecule has 2 heteroatoms. The highest BCUT2D eigenvalue weighted by atomic mass is 16.5. The Kier molecular flexibility index (Phi) is 1.85. The summed E-state index contributed by atoms with van der Waals surface area (Å²) in [4.78, 5) is 0. The van der Waals surface area contributed by atoms with Gasteiger partial charge in [0.15, 0.2) is 0 Å². The first-order chi connectivity index (χ1) is 6.87. The van der Waals surface area contributed by atoms with E-state index in [0.29, 0.717) is 17.3 Å². The van der Waals surface area contributed by atoms with Gasteiger partial charge in [-0.25, -0.2) is 0 Å². The van der Waals surface area contributed by atoms with Crippen LogP contribution in [0.5, 0.6) is 0 Å². The maximum absolute atomic E-state index is 9.12. The predicted molar refractivity (Wildman–Crippen MR) is 52.4 cm³/mol. The van der Waals surface area contributed by atoms with Gasteiger partial charge in [-0.15, -0.1) is 0 Å². The average molecular weight is 191 g/mol. The van der Waals surface area contributed by atoms with E-state index in [0.717, 1.165) is 19.1 Å². The lowest BCUT2D eigenvalue weighted by Gasteiger charge is -2.38. The molecule has 3 fully saturated rings. The van der Waals surface area contributed by atoms with Crippen molar-refractivity contribution in [1.29, 1.82) is 5.26 Å². The first kappa shape index (κ1) is 8.73. The van der Waals surface area contributed by atoms with Crippen molar-refractivity contribution in [3.63, 3.8) is 0 Å². The van der Waals surface area contributed by atoms with Crippen LogP contribution in [-0.4, -0.2) is 13.2 Å². The molecule has 1 saturated heterocycles.